The Balaban J connectivity index is 1.18. The van der Waals surface area contributed by atoms with Crippen LogP contribution in [0.3, 0.4) is 0 Å². The van der Waals surface area contributed by atoms with Crippen molar-refractivity contribution in [2.45, 2.75) is 38.8 Å². The number of aliphatic imine (C=N–C) groups is 1. The zero-order chi connectivity index (χ0) is 28.3. The van der Waals surface area contributed by atoms with E-state index >= 15 is 0 Å². The predicted molar refractivity (Wildman–Crippen MR) is 172 cm³/mol. The van der Waals surface area contributed by atoms with Crippen LogP contribution in [0, 0.1) is 22.2 Å². The van der Waals surface area contributed by atoms with Gasteiger partial charge in [0.1, 0.15) is 12.4 Å². The lowest BCUT2D eigenvalue weighted by Gasteiger charge is -2.37. The lowest BCUT2D eigenvalue weighted by atomic mass is 9.76. The zero-order valence-corrected chi connectivity index (χ0v) is 25.3. The highest BCUT2D eigenvalue weighted by molar-refractivity contribution is 14.1. The van der Waals surface area contributed by atoms with Crippen LogP contribution in [-0.2, 0) is 6.61 Å². The van der Waals surface area contributed by atoms with Gasteiger partial charge in [-0.1, -0.05) is 60.2 Å². The number of aryl methyl sites for hydroxylation is 1. The molecule has 208 valence electrons. The lowest BCUT2D eigenvalue weighted by molar-refractivity contribution is 0.264. The number of fused-ring (bicyclic) bond motifs is 3. The summed E-state index contributed by atoms with van der Waals surface area (Å²) in [6, 6.07) is 26.1. The highest BCUT2D eigenvalue weighted by atomic mass is 127. The predicted octanol–water partition coefficient (Wildman–Crippen LogP) is 9.29. The van der Waals surface area contributed by atoms with E-state index in [9.17, 15) is 4.39 Å². The molecule has 0 saturated carbocycles. The second-order valence-corrected chi connectivity index (χ2v) is 11.7. The molecule has 0 radical (unpaired) electrons. The molecule has 3 atom stereocenters. The maximum Gasteiger partial charge on any atom is 0.175 e. The van der Waals surface area contributed by atoms with Crippen LogP contribution in [0.4, 0.5) is 15.8 Å². The fourth-order valence-corrected chi connectivity index (χ4v) is 6.57. The van der Waals surface area contributed by atoms with Gasteiger partial charge in [0, 0.05) is 23.4 Å². The van der Waals surface area contributed by atoms with E-state index < -0.39 is 0 Å². The van der Waals surface area contributed by atoms with E-state index in [0.717, 1.165) is 21.2 Å². The molecule has 0 bridgehead atoms. The number of hydrogen-bond acceptors (Lipinski definition) is 4. The molecule has 0 spiro atoms. The maximum absolute atomic E-state index is 14.1. The Morgan fingerprint density at radius 1 is 1.02 bits per heavy atom. The molecule has 1 aliphatic carbocycles. The minimum Gasteiger partial charge on any atom is -0.490 e. The van der Waals surface area contributed by atoms with E-state index in [-0.39, 0.29) is 18.5 Å². The first-order valence-corrected chi connectivity index (χ1v) is 15.1. The number of rotatable bonds is 8. The largest absolute Gasteiger partial charge is 0.490 e. The number of benzene rings is 4. The summed E-state index contributed by atoms with van der Waals surface area (Å²) in [5, 5.41) is 3.82. The first-order chi connectivity index (χ1) is 20.0. The summed E-state index contributed by atoms with van der Waals surface area (Å²) in [5.74, 6) is 1.90. The summed E-state index contributed by atoms with van der Waals surface area (Å²) >= 11 is 2.23. The average Bonchev–Trinajstić information content (AvgIpc) is 3.47. The van der Waals surface area contributed by atoms with Crippen molar-refractivity contribution in [3.8, 4) is 11.5 Å². The van der Waals surface area contributed by atoms with Crippen molar-refractivity contribution in [3.63, 3.8) is 0 Å². The Hall–Kier alpha value is -3.65. The standard InChI is InChI=1S/C35H32FIN2O2/c1-3-40-33-19-23(18-31(37)35(33)41-21-25-7-4-5-10-30(25)36)20-38-26-14-12-24(13-15-26)34-28-9-6-8-27(28)29-17-22(2)11-16-32(29)39-34/h4-8,10-20,27-28,34,39H,3,9,21H2,1-2H3/t27-,28-,34+/m1/s1. The van der Waals surface area contributed by atoms with Gasteiger partial charge in [0.15, 0.2) is 11.5 Å². The summed E-state index contributed by atoms with van der Waals surface area (Å²) in [6.07, 6.45) is 7.63. The number of nitrogens with zero attached hydrogens (tertiary/aromatic N) is 1. The number of halogens is 2. The van der Waals surface area contributed by atoms with Crippen LogP contribution in [0.15, 0.2) is 96.0 Å². The third-order valence-electron chi connectivity index (χ3n) is 7.79. The first kappa shape index (κ1) is 27.5. The zero-order valence-electron chi connectivity index (χ0n) is 23.1. The molecule has 0 unspecified atom stereocenters. The van der Waals surface area contributed by atoms with Gasteiger partial charge in [-0.05, 0) is 102 Å². The van der Waals surface area contributed by atoms with Crippen LogP contribution >= 0.6 is 22.6 Å². The van der Waals surface area contributed by atoms with E-state index in [2.05, 4.69) is 89.4 Å². The minimum atomic E-state index is -0.283. The van der Waals surface area contributed by atoms with Gasteiger partial charge in [-0.3, -0.25) is 4.99 Å². The van der Waals surface area contributed by atoms with Crippen LogP contribution in [0.25, 0.3) is 0 Å². The Morgan fingerprint density at radius 3 is 2.66 bits per heavy atom. The van der Waals surface area contributed by atoms with E-state index in [0.29, 0.717) is 35.5 Å². The SMILES string of the molecule is CCOc1cc(C=Nc2ccc([C@@H]3Nc4ccc(C)cc4[C@@H]4C=CC[C@H]43)cc2)cc(I)c1OCc1ccccc1F. The van der Waals surface area contributed by atoms with Crippen LogP contribution in [0.5, 0.6) is 11.5 Å². The molecular formula is C35H32FIN2O2. The third kappa shape index (κ3) is 5.89. The summed E-state index contributed by atoms with van der Waals surface area (Å²) in [6.45, 7) is 4.71. The molecule has 1 heterocycles. The molecule has 4 aromatic rings. The van der Waals surface area contributed by atoms with Gasteiger partial charge in [-0.15, -0.1) is 0 Å². The molecule has 0 saturated heterocycles. The Morgan fingerprint density at radius 2 is 1.85 bits per heavy atom. The van der Waals surface area contributed by atoms with Gasteiger partial charge in [-0.25, -0.2) is 4.39 Å². The molecule has 0 fully saturated rings. The molecule has 6 rings (SSSR count). The Bertz CT molecular complexity index is 1620. The summed E-state index contributed by atoms with van der Waals surface area (Å²) in [4.78, 5) is 4.75. The Labute approximate surface area is 254 Å². The van der Waals surface area contributed by atoms with Gasteiger partial charge >= 0.3 is 0 Å². The van der Waals surface area contributed by atoms with E-state index in [1.165, 1.54) is 28.4 Å². The second kappa shape index (κ2) is 12.1. The summed E-state index contributed by atoms with van der Waals surface area (Å²) < 4.78 is 26.9. The summed E-state index contributed by atoms with van der Waals surface area (Å²) in [7, 11) is 0. The molecule has 0 amide bonds. The highest BCUT2D eigenvalue weighted by Gasteiger charge is 2.37. The smallest absolute Gasteiger partial charge is 0.175 e. The number of hydrogen-bond donors (Lipinski definition) is 1. The van der Waals surface area contributed by atoms with Crippen molar-refractivity contribution in [2.75, 3.05) is 11.9 Å². The van der Waals surface area contributed by atoms with Crippen LogP contribution in [-0.4, -0.2) is 12.8 Å². The Kier molecular flexibility index (Phi) is 8.10. The molecule has 6 heteroatoms. The van der Waals surface area contributed by atoms with E-state index in [1.54, 1.807) is 18.2 Å². The van der Waals surface area contributed by atoms with Gasteiger partial charge in [0.05, 0.1) is 21.9 Å². The maximum atomic E-state index is 14.1. The van der Waals surface area contributed by atoms with Crippen LogP contribution in [0.1, 0.15) is 53.1 Å². The fourth-order valence-electron chi connectivity index (χ4n) is 5.79. The minimum absolute atomic E-state index is 0.126. The van der Waals surface area contributed by atoms with Crippen LogP contribution in [0.2, 0.25) is 0 Å². The summed E-state index contributed by atoms with van der Waals surface area (Å²) in [5.41, 5.74) is 7.51. The van der Waals surface area contributed by atoms with Gasteiger partial charge in [0.2, 0.25) is 0 Å². The molecule has 41 heavy (non-hydrogen) atoms. The average molecular weight is 659 g/mol. The van der Waals surface area contributed by atoms with Crippen molar-refractivity contribution in [1.29, 1.82) is 0 Å². The third-order valence-corrected chi connectivity index (χ3v) is 8.60. The van der Waals surface area contributed by atoms with Gasteiger partial charge in [0.25, 0.3) is 0 Å². The quantitative estimate of drug-likeness (QED) is 0.117. The van der Waals surface area contributed by atoms with E-state index in [1.807, 2.05) is 25.3 Å². The first-order valence-electron chi connectivity index (χ1n) is 14.0. The molecule has 4 nitrogen and oxygen atoms in total. The number of anilines is 1. The molecule has 1 aliphatic heterocycles. The monoisotopic (exact) mass is 658 g/mol. The van der Waals surface area contributed by atoms with Crippen molar-refractivity contribution in [2.24, 2.45) is 10.9 Å². The van der Waals surface area contributed by atoms with Crippen molar-refractivity contribution < 1.29 is 13.9 Å². The number of nitrogens with one attached hydrogen (secondary N) is 1. The molecule has 0 aromatic heterocycles. The van der Waals surface area contributed by atoms with Crippen LogP contribution < -0.4 is 14.8 Å². The fraction of sp³-hybridized carbons (Fsp3) is 0.229. The topological polar surface area (TPSA) is 42.8 Å². The van der Waals surface area contributed by atoms with Crippen molar-refractivity contribution >= 4 is 40.2 Å². The second-order valence-electron chi connectivity index (χ2n) is 10.6. The van der Waals surface area contributed by atoms with E-state index in [4.69, 9.17) is 14.5 Å². The normalized spacial score (nSPS) is 19.1. The van der Waals surface area contributed by atoms with Crippen molar-refractivity contribution in [3.05, 3.63) is 128 Å². The highest BCUT2D eigenvalue weighted by Crippen LogP contribution is 2.50. The molecule has 1 N–H and O–H groups in total. The number of allylic oxidation sites excluding steroid dienone is 2. The molecular weight excluding hydrogens is 626 g/mol. The van der Waals surface area contributed by atoms with Crippen molar-refractivity contribution in [1.82, 2.24) is 0 Å². The van der Waals surface area contributed by atoms with Gasteiger partial charge < -0.3 is 14.8 Å². The molecule has 2 aliphatic rings. The van der Waals surface area contributed by atoms with Gasteiger partial charge in [-0.2, -0.15) is 0 Å². The molecule has 4 aromatic carbocycles. The number of ether oxygens (including phenoxy) is 2. The lowest BCUT2D eigenvalue weighted by Crippen LogP contribution is -2.29.